The van der Waals surface area contributed by atoms with E-state index >= 15 is 0 Å². The molecule has 66 heavy (non-hydrogen) atoms. The summed E-state index contributed by atoms with van der Waals surface area (Å²) in [5.74, 6) is -0.326. The van der Waals surface area contributed by atoms with Gasteiger partial charge in [0, 0.05) is 13.0 Å². The molecule has 0 aromatic carbocycles. The number of unbranched alkanes of at least 4 members (excludes halogenated alkanes) is 39. The van der Waals surface area contributed by atoms with E-state index in [1.807, 2.05) is 21.1 Å². The van der Waals surface area contributed by atoms with Crippen molar-refractivity contribution in [2.75, 3.05) is 54.1 Å². The summed E-state index contributed by atoms with van der Waals surface area (Å²) in [6, 6.07) is 0. The van der Waals surface area contributed by atoms with E-state index < -0.39 is 13.9 Å². The molecular weight excluding hydrogens is 842 g/mol. The lowest BCUT2D eigenvalue weighted by Gasteiger charge is -2.28. The van der Waals surface area contributed by atoms with Crippen molar-refractivity contribution >= 4 is 13.8 Å². The van der Waals surface area contributed by atoms with Crippen molar-refractivity contribution in [1.82, 2.24) is 0 Å². The number of nitrogens with zero attached hydrogens (tertiary/aromatic N) is 1. The number of carbonyl (C=O) groups is 1. The molecule has 0 saturated heterocycles. The summed E-state index contributed by atoms with van der Waals surface area (Å²) < 4.78 is 34.9. The van der Waals surface area contributed by atoms with Crippen LogP contribution in [-0.4, -0.2) is 70.7 Å². The third-order valence-corrected chi connectivity index (χ3v) is 14.0. The summed E-state index contributed by atoms with van der Waals surface area (Å²) in [6.45, 7) is 5.49. The van der Waals surface area contributed by atoms with Gasteiger partial charge < -0.3 is 27.9 Å². The standard InChI is InChI=1S/C57H114NO7P/c1-6-8-10-12-14-16-18-20-22-24-26-28-30-32-34-36-38-40-42-44-46-48-50-57(59)65-56(55-64-66(60,61)63-53-51-58(3,4)5)54-62-52-49-47-45-43-41-39-37-35-33-31-29-27-25-23-21-19-17-15-13-11-9-7-2/h25,27,56H,6-24,26,28-55H2,1-5H3/b27-25-. The molecule has 9 heteroatoms. The summed E-state index contributed by atoms with van der Waals surface area (Å²) in [7, 11) is 1.38. The van der Waals surface area contributed by atoms with Gasteiger partial charge in [-0.3, -0.25) is 9.36 Å². The van der Waals surface area contributed by atoms with Crippen LogP contribution in [0.4, 0.5) is 0 Å². The molecular formula is C57H114NO7P. The van der Waals surface area contributed by atoms with E-state index in [0.717, 1.165) is 32.1 Å². The molecule has 0 rings (SSSR count). The van der Waals surface area contributed by atoms with Crippen LogP contribution in [0.25, 0.3) is 0 Å². The molecule has 0 saturated carbocycles. The number of quaternary nitrogens is 1. The lowest BCUT2D eigenvalue weighted by molar-refractivity contribution is -0.870. The number of hydrogen-bond acceptors (Lipinski definition) is 7. The maximum absolute atomic E-state index is 12.8. The van der Waals surface area contributed by atoms with Gasteiger partial charge in [-0.15, -0.1) is 0 Å². The Bertz CT molecular complexity index is 1070. The quantitative estimate of drug-likeness (QED) is 0.0197. The molecule has 0 amide bonds. The molecule has 0 aliphatic heterocycles. The molecule has 0 fully saturated rings. The average molecular weight is 957 g/mol. The van der Waals surface area contributed by atoms with Gasteiger partial charge in [0.15, 0.2) is 0 Å². The number of allylic oxidation sites excluding steroid dienone is 2. The van der Waals surface area contributed by atoms with Crippen molar-refractivity contribution in [3.8, 4) is 0 Å². The Morgan fingerprint density at radius 2 is 0.788 bits per heavy atom. The van der Waals surface area contributed by atoms with E-state index in [1.54, 1.807) is 0 Å². The Labute approximate surface area is 411 Å². The van der Waals surface area contributed by atoms with Crippen LogP contribution in [0.1, 0.15) is 290 Å². The van der Waals surface area contributed by atoms with Gasteiger partial charge in [0.2, 0.25) is 0 Å². The molecule has 0 aliphatic carbocycles. The third kappa shape index (κ3) is 54.2. The molecule has 0 heterocycles. The summed E-state index contributed by atoms with van der Waals surface area (Å²) in [6.07, 6.45) is 59.7. The molecule has 8 nitrogen and oxygen atoms in total. The van der Waals surface area contributed by atoms with Crippen LogP contribution in [0, 0.1) is 0 Å². The minimum absolute atomic E-state index is 0.0298. The number of esters is 1. The number of rotatable bonds is 55. The molecule has 2 unspecified atom stereocenters. The molecule has 0 aromatic heterocycles. The van der Waals surface area contributed by atoms with Gasteiger partial charge >= 0.3 is 5.97 Å². The zero-order chi connectivity index (χ0) is 48.3. The number of ether oxygens (including phenoxy) is 2. The van der Waals surface area contributed by atoms with E-state index in [2.05, 4.69) is 26.0 Å². The normalized spacial score (nSPS) is 13.5. The van der Waals surface area contributed by atoms with Crippen LogP contribution in [0.3, 0.4) is 0 Å². The van der Waals surface area contributed by atoms with Crippen molar-refractivity contribution in [2.45, 2.75) is 296 Å². The molecule has 0 N–H and O–H groups in total. The predicted octanol–water partition coefficient (Wildman–Crippen LogP) is 17.5. The third-order valence-electron chi connectivity index (χ3n) is 13.1. The fourth-order valence-electron chi connectivity index (χ4n) is 8.60. The topological polar surface area (TPSA) is 94.1 Å². The van der Waals surface area contributed by atoms with Crippen LogP contribution >= 0.6 is 7.82 Å². The van der Waals surface area contributed by atoms with E-state index in [0.29, 0.717) is 24.1 Å². The second kappa shape index (κ2) is 50.6. The summed E-state index contributed by atoms with van der Waals surface area (Å²) in [4.78, 5) is 25.3. The lowest BCUT2D eigenvalue weighted by atomic mass is 10.0. The highest BCUT2D eigenvalue weighted by Gasteiger charge is 2.20. The van der Waals surface area contributed by atoms with Gasteiger partial charge in [0.1, 0.15) is 19.3 Å². The van der Waals surface area contributed by atoms with Crippen molar-refractivity contribution in [3.63, 3.8) is 0 Å². The Hall–Kier alpha value is -0.760. The van der Waals surface area contributed by atoms with E-state index in [-0.39, 0.29) is 25.8 Å². The fourth-order valence-corrected chi connectivity index (χ4v) is 9.33. The highest BCUT2D eigenvalue weighted by Crippen LogP contribution is 2.38. The average Bonchev–Trinajstić information content (AvgIpc) is 3.28. The maximum Gasteiger partial charge on any atom is 0.306 e. The van der Waals surface area contributed by atoms with Gasteiger partial charge in [0.05, 0.1) is 34.4 Å². The molecule has 0 bridgehead atoms. The minimum Gasteiger partial charge on any atom is -0.756 e. The van der Waals surface area contributed by atoms with Gasteiger partial charge in [0.25, 0.3) is 7.82 Å². The SMILES string of the molecule is CCCCCCCCCC/C=C\CCCCCCCCCCCCOCC(COP(=O)([O-])OCC[N+](C)(C)C)OC(=O)CCCCCCCCCCCCCCCCCCCCCCCC. The number of phosphoric ester groups is 1. The van der Waals surface area contributed by atoms with E-state index in [9.17, 15) is 14.3 Å². The summed E-state index contributed by atoms with van der Waals surface area (Å²) in [5.41, 5.74) is 0. The Kier molecular flexibility index (Phi) is 50.0. The highest BCUT2D eigenvalue weighted by atomic mass is 31.2. The van der Waals surface area contributed by atoms with Crippen molar-refractivity contribution in [3.05, 3.63) is 12.2 Å². The first-order chi connectivity index (χ1) is 32.1. The van der Waals surface area contributed by atoms with Crippen molar-refractivity contribution < 1.29 is 37.3 Å². The van der Waals surface area contributed by atoms with Crippen molar-refractivity contribution in [2.24, 2.45) is 0 Å². The first kappa shape index (κ1) is 65.2. The van der Waals surface area contributed by atoms with E-state index in [1.165, 1.54) is 238 Å². The summed E-state index contributed by atoms with van der Waals surface area (Å²) in [5, 5.41) is 0. The Balaban J connectivity index is 4.03. The lowest BCUT2D eigenvalue weighted by Crippen LogP contribution is -2.37. The zero-order valence-electron chi connectivity index (χ0n) is 44.9. The van der Waals surface area contributed by atoms with Gasteiger partial charge in [-0.1, -0.05) is 257 Å². The van der Waals surface area contributed by atoms with Crippen LogP contribution in [-0.2, 0) is 27.9 Å². The molecule has 0 spiro atoms. The molecule has 0 radical (unpaired) electrons. The molecule has 2 atom stereocenters. The first-order valence-electron chi connectivity index (χ1n) is 28.9. The van der Waals surface area contributed by atoms with E-state index in [4.69, 9.17) is 18.5 Å². The minimum atomic E-state index is -4.53. The zero-order valence-corrected chi connectivity index (χ0v) is 45.8. The number of likely N-dealkylation sites (N-methyl/N-ethyl adjacent to an activating group) is 1. The molecule has 0 aromatic rings. The first-order valence-corrected chi connectivity index (χ1v) is 30.4. The summed E-state index contributed by atoms with van der Waals surface area (Å²) >= 11 is 0. The number of phosphoric acid groups is 1. The molecule has 394 valence electrons. The number of carbonyl (C=O) groups excluding carboxylic acids is 1. The van der Waals surface area contributed by atoms with Crippen molar-refractivity contribution in [1.29, 1.82) is 0 Å². The largest absolute Gasteiger partial charge is 0.756 e. The smallest absolute Gasteiger partial charge is 0.306 e. The second-order valence-electron chi connectivity index (χ2n) is 21.0. The van der Waals surface area contributed by atoms with Crippen LogP contribution in [0.5, 0.6) is 0 Å². The monoisotopic (exact) mass is 956 g/mol. The number of hydrogen-bond donors (Lipinski definition) is 0. The highest BCUT2D eigenvalue weighted by molar-refractivity contribution is 7.45. The van der Waals surface area contributed by atoms with Gasteiger partial charge in [-0.05, 0) is 38.5 Å². The van der Waals surface area contributed by atoms with Gasteiger partial charge in [-0.25, -0.2) is 0 Å². The maximum atomic E-state index is 12.8. The fraction of sp³-hybridized carbons (Fsp3) is 0.947. The predicted molar refractivity (Wildman–Crippen MR) is 282 cm³/mol. The van der Waals surface area contributed by atoms with Crippen LogP contribution in [0.2, 0.25) is 0 Å². The second-order valence-corrected chi connectivity index (χ2v) is 22.4. The van der Waals surface area contributed by atoms with Crippen LogP contribution < -0.4 is 4.89 Å². The van der Waals surface area contributed by atoms with Crippen LogP contribution in [0.15, 0.2) is 12.2 Å². The molecule has 0 aliphatic rings. The Morgan fingerprint density at radius 3 is 1.15 bits per heavy atom. The Morgan fingerprint density at radius 1 is 0.455 bits per heavy atom. The van der Waals surface area contributed by atoms with Gasteiger partial charge in [-0.2, -0.15) is 0 Å².